The van der Waals surface area contributed by atoms with Gasteiger partial charge in [0.25, 0.3) is 5.91 Å². The third-order valence-electron chi connectivity index (χ3n) is 6.15. The second-order valence-electron chi connectivity index (χ2n) is 8.63. The van der Waals surface area contributed by atoms with Gasteiger partial charge < -0.3 is 10.1 Å². The van der Waals surface area contributed by atoms with E-state index in [9.17, 15) is 9.59 Å². The number of carbonyl (C=O) groups excluding carboxylic acids is 2. The van der Waals surface area contributed by atoms with Crippen molar-refractivity contribution in [2.24, 2.45) is 0 Å². The molecule has 0 atom stereocenters. The number of methoxy groups -OCH3 is 1. The van der Waals surface area contributed by atoms with Gasteiger partial charge in [0.2, 0.25) is 5.91 Å². The van der Waals surface area contributed by atoms with Crippen molar-refractivity contribution < 1.29 is 14.3 Å². The molecule has 7 nitrogen and oxygen atoms in total. The molecule has 182 valence electrons. The van der Waals surface area contributed by atoms with E-state index in [0.717, 1.165) is 46.5 Å². The highest BCUT2D eigenvalue weighted by Crippen LogP contribution is 2.31. The van der Waals surface area contributed by atoms with Gasteiger partial charge in [-0.15, -0.1) is 0 Å². The average Bonchev–Trinajstić information content (AvgIpc) is 3.30. The molecular weight excluding hydrogens is 464 g/mol. The number of benzene rings is 2. The van der Waals surface area contributed by atoms with E-state index >= 15 is 0 Å². The number of hydrogen-bond acceptors (Lipinski definition) is 4. The molecule has 0 bridgehead atoms. The summed E-state index contributed by atoms with van der Waals surface area (Å²) in [6.07, 6.45) is 0.938. The second-order valence-corrected chi connectivity index (χ2v) is 9.06. The van der Waals surface area contributed by atoms with Gasteiger partial charge in [-0.05, 0) is 81.3 Å². The number of aryl methyl sites for hydroxylation is 3. The second kappa shape index (κ2) is 10.4. The summed E-state index contributed by atoms with van der Waals surface area (Å²) in [5.41, 5.74) is 4.88. The zero-order chi connectivity index (χ0) is 25.1. The lowest BCUT2D eigenvalue weighted by Gasteiger charge is -2.09. The monoisotopic (exact) mass is 492 g/mol. The average molecular weight is 493 g/mol. The Labute approximate surface area is 209 Å². The van der Waals surface area contributed by atoms with E-state index in [4.69, 9.17) is 16.3 Å². The predicted octanol–water partition coefficient (Wildman–Crippen LogP) is 4.86. The smallest absolute Gasteiger partial charge is 0.262 e. The lowest BCUT2D eigenvalue weighted by Crippen LogP contribution is -2.27. The first-order chi connectivity index (χ1) is 16.8. The maximum atomic E-state index is 13.4. The van der Waals surface area contributed by atoms with Crippen molar-refractivity contribution in [1.82, 2.24) is 19.7 Å². The van der Waals surface area contributed by atoms with Gasteiger partial charge in [0.05, 0.1) is 24.7 Å². The summed E-state index contributed by atoms with van der Waals surface area (Å²) < 4.78 is 9.01. The summed E-state index contributed by atoms with van der Waals surface area (Å²) in [5, 5.41) is 8.85. The Morgan fingerprint density at radius 2 is 1.80 bits per heavy atom. The van der Waals surface area contributed by atoms with Crippen LogP contribution in [-0.2, 0) is 17.8 Å². The molecule has 0 radical (unpaired) electrons. The molecule has 0 aliphatic rings. The van der Waals surface area contributed by atoms with E-state index in [1.54, 1.807) is 35.9 Å². The molecule has 2 aromatic carbocycles. The Hall–Kier alpha value is -3.58. The van der Waals surface area contributed by atoms with E-state index < -0.39 is 0 Å². The van der Waals surface area contributed by atoms with Crippen LogP contribution in [-0.4, -0.2) is 39.8 Å². The Bertz CT molecular complexity index is 1390. The Morgan fingerprint density at radius 3 is 2.46 bits per heavy atom. The Kier molecular flexibility index (Phi) is 7.26. The number of amides is 1. The van der Waals surface area contributed by atoms with Crippen molar-refractivity contribution in [3.05, 3.63) is 81.8 Å². The normalized spacial score (nSPS) is 11.1. The largest absolute Gasteiger partial charge is 0.497 e. The number of ether oxygens (including phenoxy) is 1. The van der Waals surface area contributed by atoms with Crippen LogP contribution < -0.4 is 10.1 Å². The Balaban J connectivity index is 1.55. The molecule has 0 aliphatic heterocycles. The summed E-state index contributed by atoms with van der Waals surface area (Å²) in [6, 6.07) is 14.4. The van der Waals surface area contributed by atoms with Gasteiger partial charge in [0.15, 0.2) is 0 Å². The fourth-order valence-electron chi connectivity index (χ4n) is 4.38. The molecule has 2 heterocycles. The molecule has 4 rings (SSSR count). The lowest BCUT2D eigenvalue weighted by molar-refractivity contribution is -0.120. The van der Waals surface area contributed by atoms with Crippen LogP contribution in [0.4, 0.5) is 0 Å². The van der Waals surface area contributed by atoms with Gasteiger partial charge >= 0.3 is 0 Å². The SMILES string of the molecule is COc1ccc2c(c1)c(CC(=O)NCCCn1nc(C)cc1C)c(C)n2C(=O)c1ccc(Cl)cc1. The molecule has 0 aliphatic carbocycles. The van der Waals surface area contributed by atoms with Crippen LogP contribution in [0.25, 0.3) is 10.9 Å². The number of fused-ring (bicyclic) bond motifs is 1. The van der Waals surface area contributed by atoms with Crippen LogP contribution in [0.3, 0.4) is 0 Å². The first-order valence-electron chi connectivity index (χ1n) is 11.5. The number of hydrogen-bond donors (Lipinski definition) is 1. The van der Waals surface area contributed by atoms with Gasteiger partial charge in [0.1, 0.15) is 5.75 Å². The zero-order valence-electron chi connectivity index (χ0n) is 20.4. The molecule has 2 aromatic heterocycles. The molecule has 1 amide bonds. The molecule has 8 heteroatoms. The minimum absolute atomic E-state index is 0.0951. The van der Waals surface area contributed by atoms with Gasteiger partial charge in [0, 0.05) is 40.4 Å². The number of rotatable bonds is 8. The lowest BCUT2D eigenvalue weighted by atomic mass is 10.1. The zero-order valence-corrected chi connectivity index (χ0v) is 21.1. The van der Waals surface area contributed by atoms with Gasteiger partial charge in [-0.1, -0.05) is 11.6 Å². The number of carbonyl (C=O) groups is 2. The van der Waals surface area contributed by atoms with E-state index in [-0.39, 0.29) is 18.2 Å². The van der Waals surface area contributed by atoms with Crippen molar-refractivity contribution in [3.8, 4) is 5.75 Å². The molecule has 4 aromatic rings. The highest BCUT2D eigenvalue weighted by Gasteiger charge is 2.22. The molecule has 0 spiro atoms. The summed E-state index contributed by atoms with van der Waals surface area (Å²) >= 11 is 6.00. The van der Waals surface area contributed by atoms with Crippen LogP contribution in [0.5, 0.6) is 5.75 Å². The van der Waals surface area contributed by atoms with Crippen LogP contribution in [0.2, 0.25) is 5.02 Å². The first kappa shape index (κ1) is 24.5. The molecule has 0 saturated carbocycles. The van der Waals surface area contributed by atoms with Crippen molar-refractivity contribution in [1.29, 1.82) is 0 Å². The van der Waals surface area contributed by atoms with Crippen LogP contribution in [0.15, 0.2) is 48.5 Å². The van der Waals surface area contributed by atoms with E-state index in [2.05, 4.69) is 10.4 Å². The van der Waals surface area contributed by atoms with E-state index in [0.29, 0.717) is 22.9 Å². The van der Waals surface area contributed by atoms with Crippen LogP contribution in [0.1, 0.15) is 39.4 Å². The van der Waals surface area contributed by atoms with Crippen molar-refractivity contribution in [2.75, 3.05) is 13.7 Å². The summed E-state index contributed by atoms with van der Waals surface area (Å²) in [5.74, 6) is 0.397. The number of aromatic nitrogens is 3. The minimum atomic E-state index is -0.175. The minimum Gasteiger partial charge on any atom is -0.497 e. The summed E-state index contributed by atoms with van der Waals surface area (Å²) in [6.45, 7) is 7.15. The highest BCUT2D eigenvalue weighted by atomic mass is 35.5. The summed E-state index contributed by atoms with van der Waals surface area (Å²) in [7, 11) is 1.60. The quantitative estimate of drug-likeness (QED) is 0.356. The molecule has 1 N–H and O–H groups in total. The fourth-order valence-corrected chi connectivity index (χ4v) is 4.50. The number of halogens is 1. The third kappa shape index (κ3) is 5.25. The van der Waals surface area contributed by atoms with Crippen LogP contribution >= 0.6 is 11.6 Å². The van der Waals surface area contributed by atoms with Crippen molar-refractivity contribution >= 4 is 34.3 Å². The fraction of sp³-hybridized carbons (Fsp3) is 0.296. The van der Waals surface area contributed by atoms with Gasteiger partial charge in [-0.25, -0.2) is 0 Å². The molecular formula is C27H29ClN4O3. The van der Waals surface area contributed by atoms with Gasteiger partial charge in [-0.2, -0.15) is 5.10 Å². The van der Waals surface area contributed by atoms with Crippen LogP contribution in [0, 0.1) is 20.8 Å². The molecule has 0 fully saturated rings. The predicted molar refractivity (Wildman–Crippen MR) is 137 cm³/mol. The number of nitrogens with one attached hydrogen (secondary N) is 1. The molecule has 0 saturated heterocycles. The maximum absolute atomic E-state index is 13.4. The Morgan fingerprint density at radius 1 is 1.06 bits per heavy atom. The highest BCUT2D eigenvalue weighted by molar-refractivity contribution is 6.30. The standard InChI is InChI=1S/C27H29ClN4O3/c1-17-14-18(2)31(30-17)13-5-12-29-26(33)16-23-19(3)32(25-11-10-22(35-4)15-24(23)25)27(34)20-6-8-21(28)9-7-20/h6-11,14-15H,5,12-13,16H2,1-4H3,(H,29,33). The van der Waals surface area contributed by atoms with E-state index in [1.807, 2.05) is 49.7 Å². The third-order valence-corrected chi connectivity index (χ3v) is 6.40. The number of nitrogens with zero attached hydrogens (tertiary/aromatic N) is 3. The van der Waals surface area contributed by atoms with Crippen molar-refractivity contribution in [3.63, 3.8) is 0 Å². The van der Waals surface area contributed by atoms with Gasteiger partial charge in [-0.3, -0.25) is 18.8 Å². The van der Waals surface area contributed by atoms with E-state index in [1.165, 1.54) is 0 Å². The molecule has 35 heavy (non-hydrogen) atoms. The maximum Gasteiger partial charge on any atom is 0.262 e. The molecule has 0 unspecified atom stereocenters. The summed E-state index contributed by atoms with van der Waals surface area (Å²) in [4.78, 5) is 26.3. The topological polar surface area (TPSA) is 78.2 Å². The first-order valence-corrected chi connectivity index (χ1v) is 11.9. The van der Waals surface area contributed by atoms with Crippen molar-refractivity contribution in [2.45, 2.75) is 40.2 Å².